The summed E-state index contributed by atoms with van der Waals surface area (Å²) in [6.07, 6.45) is 1.38. The molecule has 22 heavy (non-hydrogen) atoms. The molecule has 0 aliphatic rings. The molecule has 0 amide bonds. The Hall–Kier alpha value is -2.75. The summed E-state index contributed by atoms with van der Waals surface area (Å²) in [5, 5.41) is 19.3. The van der Waals surface area contributed by atoms with Crippen LogP contribution in [0, 0.1) is 0 Å². The van der Waals surface area contributed by atoms with Gasteiger partial charge in [0.05, 0.1) is 10.9 Å². The average molecular weight is 296 g/mol. The van der Waals surface area contributed by atoms with Crippen molar-refractivity contribution in [3.05, 3.63) is 58.4 Å². The quantitative estimate of drug-likeness (QED) is 0.701. The van der Waals surface area contributed by atoms with Crippen molar-refractivity contribution in [2.75, 3.05) is 0 Å². The molecule has 112 valence electrons. The number of hydrogen-bond donors (Lipinski definition) is 2. The van der Waals surface area contributed by atoms with Crippen LogP contribution in [0.1, 0.15) is 25.3 Å². The fourth-order valence-corrected chi connectivity index (χ4v) is 2.40. The third-order valence-corrected chi connectivity index (χ3v) is 3.76. The number of benzene rings is 2. The maximum Gasteiger partial charge on any atom is 0.200 e. The van der Waals surface area contributed by atoms with Crippen LogP contribution in [-0.4, -0.2) is 10.2 Å². The summed E-state index contributed by atoms with van der Waals surface area (Å²) in [7, 11) is 0. The Morgan fingerprint density at radius 1 is 1.00 bits per heavy atom. The minimum atomic E-state index is -0.341. The standard InChI is InChI=1S/C18H16O4/c1-10(2)11-3-5-12(6-4-11)14-9-22-17-8-16(20)15(19)7-13(17)18(14)21/h3-10,19-20H,1-2H3. The monoisotopic (exact) mass is 296 g/mol. The van der Waals surface area contributed by atoms with Crippen molar-refractivity contribution < 1.29 is 14.6 Å². The van der Waals surface area contributed by atoms with Crippen LogP contribution < -0.4 is 5.43 Å². The number of phenols is 2. The second-order valence-corrected chi connectivity index (χ2v) is 5.59. The first kappa shape index (κ1) is 14.2. The van der Waals surface area contributed by atoms with E-state index >= 15 is 0 Å². The molecule has 0 spiro atoms. The Labute approximate surface area is 127 Å². The van der Waals surface area contributed by atoms with Crippen molar-refractivity contribution in [2.24, 2.45) is 0 Å². The van der Waals surface area contributed by atoms with E-state index in [0.717, 1.165) is 5.56 Å². The van der Waals surface area contributed by atoms with E-state index in [-0.39, 0.29) is 27.9 Å². The van der Waals surface area contributed by atoms with Crippen LogP contribution in [-0.2, 0) is 0 Å². The van der Waals surface area contributed by atoms with E-state index in [1.54, 1.807) is 0 Å². The molecule has 4 heteroatoms. The Kier molecular flexibility index (Phi) is 3.37. The molecule has 0 atom stereocenters. The van der Waals surface area contributed by atoms with Gasteiger partial charge in [-0.3, -0.25) is 4.79 Å². The predicted molar refractivity (Wildman–Crippen MR) is 85.3 cm³/mol. The van der Waals surface area contributed by atoms with Crippen LogP contribution >= 0.6 is 0 Å². The van der Waals surface area contributed by atoms with Gasteiger partial charge in [-0.25, -0.2) is 0 Å². The second-order valence-electron chi connectivity index (χ2n) is 5.59. The summed E-state index contributed by atoms with van der Waals surface area (Å²) in [4.78, 5) is 12.6. The first-order valence-electron chi connectivity index (χ1n) is 7.05. The van der Waals surface area contributed by atoms with Gasteiger partial charge in [-0.05, 0) is 23.1 Å². The smallest absolute Gasteiger partial charge is 0.200 e. The number of rotatable bonds is 2. The van der Waals surface area contributed by atoms with Gasteiger partial charge in [0, 0.05) is 6.07 Å². The van der Waals surface area contributed by atoms with Crippen molar-refractivity contribution in [1.29, 1.82) is 0 Å². The van der Waals surface area contributed by atoms with E-state index < -0.39 is 0 Å². The van der Waals surface area contributed by atoms with Gasteiger partial charge in [0.1, 0.15) is 11.8 Å². The minimum Gasteiger partial charge on any atom is -0.504 e. The lowest BCUT2D eigenvalue weighted by atomic mass is 9.99. The van der Waals surface area contributed by atoms with Crippen LogP contribution in [0.5, 0.6) is 11.5 Å². The predicted octanol–water partition coefficient (Wildman–Crippen LogP) is 3.99. The van der Waals surface area contributed by atoms with Gasteiger partial charge in [0.15, 0.2) is 11.5 Å². The van der Waals surface area contributed by atoms with Crippen LogP contribution in [0.2, 0.25) is 0 Å². The molecule has 0 saturated carbocycles. The molecular weight excluding hydrogens is 280 g/mol. The van der Waals surface area contributed by atoms with Gasteiger partial charge in [0.25, 0.3) is 0 Å². The summed E-state index contributed by atoms with van der Waals surface area (Å²) >= 11 is 0. The van der Waals surface area contributed by atoms with Crippen molar-refractivity contribution in [2.45, 2.75) is 19.8 Å². The number of phenolic OH excluding ortho intramolecular Hbond substituents is 2. The van der Waals surface area contributed by atoms with E-state index in [0.29, 0.717) is 11.5 Å². The lowest BCUT2D eigenvalue weighted by molar-refractivity contribution is 0.403. The average Bonchev–Trinajstić information content (AvgIpc) is 2.50. The van der Waals surface area contributed by atoms with Crippen LogP contribution in [0.4, 0.5) is 0 Å². The van der Waals surface area contributed by atoms with Crippen molar-refractivity contribution >= 4 is 11.0 Å². The Bertz CT molecular complexity index is 889. The van der Waals surface area contributed by atoms with Gasteiger partial charge in [-0.2, -0.15) is 0 Å². The van der Waals surface area contributed by atoms with E-state index in [2.05, 4.69) is 13.8 Å². The summed E-state index contributed by atoms with van der Waals surface area (Å²) in [6, 6.07) is 10.2. The summed E-state index contributed by atoms with van der Waals surface area (Å²) < 4.78 is 5.42. The first-order chi connectivity index (χ1) is 10.5. The molecule has 0 aliphatic heterocycles. The topological polar surface area (TPSA) is 70.7 Å². The largest absolute Gasteiger partial charge is 0.504 e. The number of fused-ring (bicyclic) bond motifs is 1. The fourth-order valence-electron chi connectivity index (χ4n) is 2.40. The Balaban J connectivity index is 2.17. The maximum absolute atomic E-state index is 12.6. The molecule has 4 nitrogen and oxygen atoms in total. The second kappa shape index (κ2) is 5.22. The van der Waals surface area contributed by atoms with Crippen molar-refractivity contribution in [1.82, 2.24) is 0 Å². The molecule has 0 radical (unpaired) electrons. The van der Waals surface area contributed by atoms with Gasteiger partial charge in [-0.1, -0.05) is 38.1 Å². The van der Waals surface area contributed by atoms with E-state index in [1.165, 1.54) is 24.0 Å². The van der Waals surface area contributed by atoms with Gasteiger partial charge < -0.3 is 14.6 Å². The summed E-state index contributed by atoms with van der Waals surface area (Å²) in [6.45, 7) is 4.21. The lowest BCUT2D eigenvalue weighted by Crippen LogP contribution is -2.04. The molecule has 0 fully saturated rings. The summed E-state index contributed by atoms with van der Waals surface area (Å²) in [5.74, 6) is -0.237. The molecule has 1 heterocycles. The van der Waals surface area contributed by atoms with Crippen LogP contribution in [0.3, 0.4) is 0 Å². The zero-order chi connectivity index (χ0) is 15.9. The third kappa shape index (κ3) is 2.33. The van der Waals surface area contributed by atoms with Gasteiger partial charge >= 0.3 is 0 Å². The Morgan fingerprint density at radius 3 is 2.27 bits per heavy atom. The number of aromatic hydroxyl groups is 2. The zero-order valence-electron chi connectivity index (χ0n) is 12.3. The highest BCUT2D eigenvalue weighted by molar-refractivity contribution is 5.84. The molecule has 0 unspecified atom stereocenters. The van der Waals surface area contributed by atoms with E-state index in [4.69, 9.17) is 4.42 Å². The maximum atomic E-state index is 12.6. The third-order valence-electron chi connectivity index (χ3n) is 3.76. The minimum absolute atomic E-state index is 0.237. The van der Waals surface area contributed by atoms with Crippen LogP contribution in [0.15, 0.2) is 51.9 Å². The normalized spacial score (nSPS) is 11.2. The van der Waals surface area contributed by atoms with Crippen molar-refractivity contribution in [3.63, 3.8) is 0 Å². The molecule has 0 aliphatic carbocycles. The molecule has 3 rings (SSSR count). The first-order valence-corrected chi connectivity index (χ1v) is 7.05. The highest BCUT2D eigenvalue weighted by atomic mass is 16.3. The molecule has 1 aromatic heterocycles. The zero-order valence-corrected chi connectivity index (χ0v) is 12.3. The van der Waals surface area contributed by atoms with Gasteiger partial charge in [-0.15, -0.1) is 0 Å². The number of hydrogen-bond acceptors (Lipinski definition) is 4. The molecule has 0 saturated heterocycles. The van der Waals surface area contributed by atoms with Crippen LogP contribution in [0.25, 0.3) is 22.1 Å². The highest BCUT2D eigenvalue weighted by Crippen LogP contribution is 2.30. The lowest BCUT2D eigenvalue weighted by Gasteiger charge is -2.07. The van der Waals surface area contributed by atoms with E-state index in [9.17, 15) is 15.0 Å². The molecule has 0 bridgehead atoms. The SMILES string of the molecule is CC(C)c1ccc(-c2coc3cc(O)c(O)cc3c2=O)cc1. The Morgan fingerprint density at radius 2 is 1.64 bits per heavy atom. The highest BCUT2D eigenvalue weighted by Gasteiger charge is 2.12. The molecule has 2 N–H and O–H groups in total. The van der Waals surface area contributed by atoms with Gasteiger partial charge in [0.2, 0.25) is 5.43 Å². The molecule has 2 aromatic carbocycles. The van der Waals surface area contributed by atoms with E-state index in [1.807, 2.05) is 24.3 Å². The van der Waals surface area contributed by atoms with Crippen molar-refractivity contribution in [3.8, 4) is 22.6 Å². The fraction of sp³-hybridized carbons (Fsp3) is 0.167. The summed E-state index contributed by atoms with van der Waals surface area (Å²) in [5.41, 5.74) is 2.37. The molecule has 3 aromatic rings. The molecular formula is C18H16O4.